The maximum Gasteiger partial charge on any atom is 0.225 e. The van der Waals surface area contributed by atoms with Crippen molar-refractivity contribution in [1.29, 1.82) is 0 Å². The summed E-state index contributed by atoms with van der Waals surface area (Å²) in [5, 5.41) is 13.4. The average molecular weight is 609 g/mol. The number of hydrogen-bond acceptors (Lipinski definition) is 8. The normalized spacial score (nSPS) is 15.7. The smallest absolute Gasteiger partial charge is 0.225 e. The molecule has 2 heterocycles. The Bertz CT molecular complexity index is 1380. The average Bonchev–Trinajstić information content (AvgIpc) is 3.02. The van der Waals surface area contributed by atoms with Crippen LogP contribution in [0.25, 0.3) is 0 Å². The molecule has 0 aliphatic heterocycles. The summed E-state index contributed by atoms with van der Waals surface area (Å²) >= 11 is 0. The van der Waals surface area contributed by atoms with E-state index < -0.39 is 0 Å². The van der Waals surface area contributed by atoms with Crippen LogP contribution in [0.2, 0.25) is 0 Å². The van der Waals surface area contributed by atoms with Crippen LogP contribution < -0.4 is 21.3 Å². The van der Waals surface area contributed by atoms with E-state index >= 15 is 0 Å². The van der Waals surface area contributed by atoms with Crippen LogP contribution in [0.15, 0.2) is 79.0 Å². The Hall–Kier alpha value is -4.20. The molecule has 2 atom stereocenters. The van der Waals surface area contributed by atoms with Gasteiger partial charge < -0.3 is 21.3 Å². The fourth-order valence-electron chi connectivity index (χ4n) is 5.01. The highest BCUT2D eigenvalue weighted by molar-refractivity contribution is 5.45. The molecule has 0 radical (unpaired) electrons. The molecule has 0 bridgehead atoms. The molecule has 2 aromatic heterocycles. The fourth-order valence-corrected chi connectivity index (χ4v) is 5.01. The van der Waals surface area contributed by atoms with Gasteiger partial charge >= 0.3 is 0 Å². The number of nitrogens with one attached hydrogen (secondary N) is 4. The highest BCUT2D eigenvalue weighted by Crippen LogP contribution is 2.48. The van der Waals surface area contributed by atoms with Crippen LogP contribution in [-0.2, 0) is 6.54 Å². The van der Waals surface area contributed by atoms with E-state index in [1.165, 1.54) is 24.0 Å². The van der Waals surface area contributed by atoms with Crippen LogP contribution in [0.4, 0.5) is 23.5 Å². The lowest BCUT2D eigenvalue weighted by atomic mass is 9.68. The van der Waals surface area contributed by atoms with Crippen molar-refractivity contribution in [2.75, 3.05) is 40.9 Å². The molecule has 0 spiro atoms. The minimum absolute atomic E-state index is 0.456. The van der Waals surface area contributed by atoms with Crippen molar-refractivity contribution in [3.8, 4) is 0 Å². The minimum Gasteiger partial charge on any atom is -0.370 e. The maximum absolute atomic E-state index is 4.91. The van der Waals surface area contributed by atoms with Crippen molar-refractivity contribution >= 4 is 23.5 Å². The fraction of sp³-hybridized carbons (Fsp3) is 0.459. The van der Waals surface area contributed by atoms with E-state index in [1.54, 1.807) is 6.20 Å². The minimum atomic E-state index is 0.456. The lowest BCUT2D eigenvalue weighted by Gasteiger charge is -2.37. The first-order valence-corrected chi connectivity index (χ1v) is 16.5. The van der Waals surface area contributed by atoms with Crippen molar-refractivity contribution in [3.05, 3.63) is 95.8 Å². The van der Waals surface area contributed by atoms with Gasteiger partial charge in [0.25, 0.3) is 0 Å². The molecule has 4 N–H and O–H groups in total. The monoisotopic (exact) mass is 608 g/mol. The van der Waals surface area contributed by atoms with Crippen molar-refractivity contribution in [1.82, 2.24) is 19.9 Å². The molecule has 1 unspecified atom stereocenters. The van der Waals surface area contributed by atoms with E-state index in [2.05, 4.69) is 133 Å². The predicted molar refractivity (Wildman–Crippen MR) is 189 cm³/mol. The molecule has 0 saturated heterocycles. The van der Waals surface area contributed by atoms with Gasteiger partial charge in [0.2, 0.25) is 11.9 Å². The summed E-state index contributed by atoms with van der Waals surface area (Å²) < 4.78 is 0. The van der Waals surface area contributed by atoms with E-state index in [-0.39, 0.29) is 0 Å². The largest absolute Gasteiger partial charge is 0.370 e. The molecular weight excluding hydrogens is 556 g/mol. The molecule has 2 aromatic carbocycles. The van der Waals surface area contributed by atoms with Crippen molar-refractivity contribution in [2.45, 2.75) is 72.8 Å². The molecule has 1 saturated carbocycles. The van der Waals surface area contributed by atoms with Gasteiger partial charge in [-0.15, -0.1) is 0 Å². The Morgan fingerprint density at radius 2 is 1.18 bits per heavy atom. The molecule has 240 valence electrons. The van der Waals surface area contributed by atoms with Crippen LogP contribution in [0.3, 0.4) is 0 Å². The van der Waals surface area contributed by atoms with Crippen LogP contribution in [0, 0.1) is 17.8 Å². The van der Waals surface area contributed by atoms with E-state index in [9.17, 15) is 0 Å². The summed E-state index contributed by atoms with van der Waals surface area (Å²) in [4.78, 5) is 18.2. The predicted octanol–water partition coefficient (Wildman–Crippen LogP) is 8.43. The van der Waals surface area contributed by atoms with Gasteiger partial charge in [-0.1, -0.05) is 102 Å². The first-order valence-electron chi connectivity index (χ1n) is 16.5. The molecule has 1 fully saturated rings. The van der Waals surface area contributed by atoms with Gasteiger partial charge in [0.15, 0.2) is 0 Å². The molecule has 0 amide bonds. The highest BCUT2D eigenvalue weighted by atomic mass is 15.1. The number of nitrogens with zero attached hydrogens (tertiary/aromatic N) is 4. The standard InChI is InChI=1S/C25H30N4.C12H22N4/c1-18(2)16-26-24-15-23(22-14-13-21(22)20-11-7-4-8-12-20)28-25(29-24)27-17-19-9-5-3-6-10-19;1-9(2)7-14-11-5-6-13-12(16-11)15-8-10(3)4/h3-12,15,18,21-22H,13-14,16-17H2,1-2H3,(H2,26,27,28,29);5-6,9-10H,7-8H2,1-4H3,(H2,13,14,15,16)/t21?,22-;/m0./s1. The summed E-state index contributed by atoms with van der Waals surface area (Å²) in [6.45, 7) is 16.5. The maximum atomic E-state index is 4.91. The Morgan fingerprint density at radius 3 is 1.80 bits per heavy atom. The van der Waals surface area contributed by atoms with Gasteiger partial charge in [-0.25, -0.2) is 9.97 Å². The molecule has 4 aromatic rings. The van der Waals surface area contributed by atoms with Crippen molar-refractivity contribution < 1.29 is 0 Å². The molecule has 8 nitrogen and oxygen atoms in total. The zero-order valence-electron chi connectivity index (χ0n) is 27.9. The van der Waals surface area contributed by atoms with E-state index in [0.29, 0.717) is 41.5 Å². The summed E-state index contributed by atoms with van der Waals surface area (Å²) in [7, 11) is 0. The van der Waals surface area contributed by atoms with Crippen LogP contribution >= 0.6 is 0 Å². The second kappa shape index (κ2) is 17.3. The molecule has 45 heavy (non-hydrogen) atoms. The SMILES string of the molecule is CC(C)CNc1cc([C@H]2CCC2c2ccccc2)nc(NCc2ccccc2)n1.CC(C)CNc1ccnc(NCC(C)C)n1. The van der Waals surface area contributed by atoms with Gasteiger partial charge in [0, 0.05) is 44.4 Å². The Morgan fingerprint density at radius 1 is 0.600 bits per heavy atom. The first-order chi connectivity index (χ1) is 21.8. The van der Waals surface area contributed by atoms with Gasteiger partial charge in [0.05, 0.1) is 5.69 Å². The number of aromatic nitrogens is 4. The summed E-state index contributed by atoms with van der Waals surface area (Å²) in [6.07, 6.45) is 4.18. The van der Waals surface area contributed by atoms with Crippen LogP contribution in [0.5, 0.6) is 0 Å². The van der Waals surface area contributed by atoms with Gasteiger partial charge in [-0.2, -0.15) is 9.97 Å². The Labute approximate surface area is 270 Å². The second-order valence-corrected chi connectivity index (χ2v) is 13.1. The van der Waals surface area contributed by atoms with Crippen molar-refractivity contribution in [2.24, 2.45) is 17.8 Å². The summed E-state index contributed by atoms with van der Waals surface area (Å²) in [5.41, 5.74) is 3.78. The molecule has 1 aliphatic carbocycles. The zero-order valence-corrected chi connectivity index (χ0v) is 27.9. The van der Waals surface area contributed by atoms with Crippen molar-refractivity contribution in [3.63, 3.8) is 0 Å². The molecule has 5 rings (SSSR count). The molecular formula is C37H52N8. The van der Waals surface area contributed by atoms with Gasteiger partial charge in [0.1, 0.15) is 11.6 Å². The zero-order chi connectivity index (χ0) is 32.0. The Kier molecular flexibility index (Phi) is 13.0. The third-order valence-corrected chi connectivity index (χ3v) is 7.63. The lowest BCUT2D eigenvalue weighted by Crippen LogP contribution is -2.24. The van der Waals surface area contributed by atoms with Gasteiger partial charge in [-0.3, -0.25) is 0 Å². The van der Waals surface area contributed by atoms with E-state index in [0.717, 1.165) is 43.5 Å². The van der Waals surface area contributed by atoms with Crippen LogP contribution in [-0.4, -0.2) is 39.6 Å². The quantitative estimate of drug-likeness (QED) is 0.113. The van der Waals surface area contributed by atoms with E-state index in [1.807, 2.05) is 12.1 Å². The third-order valence-electron chi connectivity index (χ3n) is 7.63. The summed E-state index contributed by atoms with van der Waals surface area (Å²) in [5.74, 6) is 5.97. The van der Waals surface area contributed by atoms with Crippen LogP contribution in [0.1, 0.15) is 83.0 Å². The number of rotatable bonds is 14. The van der Waals surface area contributed by atoms with Gasteiger partial charge in [-0.05, 0) is 53.7 Å². The topological polar surface area (TPSA) is 99.7 Å². The number of anilines is 4. The van der Waals surface area contributed by atoms with E-state index in [4.69, 9.17) is 9.97 Å². The molecule has 8 heteroatoms. The number of hydrogen-bond donors (Lipinski definition) is 4. The highest BCUT2D eigenvalue weighted by Gasteiger charge is 2.34. The third kappa shape index (κ3) is 11.3. The Balaban J connectivity index is 0.000000245. The second-order valence-electron chi connectivity index (χ2n) is 13.1. The summed E-state index contributed by atoms with van der Waals surface area (Å²) in [6, 6.07) is 25.3. The molecule has 1 aliphatic rings. The first kappa shape index (κ1) is 33.7. The number of benzene rings is 2. The lowest BCUT2D eigenvalue weighted by molar-refractivity contribution is 0.340.